The van der Waals surface area contributed by atoms with Crippen LogP contribution in [0.25, 0.3) is 11.1 Å². The number of aliphatic hydroxyl groups excluding tert-OH is 1. The minimum absolute atomic E-state index is 0.142. The number of ether oxygens (including phenoxy) is 1. The van der Waals surface area contributed by atoms with Gasteiger partial charge in [0, 0.05) is 0 Å². The first-order valence-corrected chi connectivity index (χ1v) is 21.9. The maximum absolute atomic E-state index is 10.5. The van der Waals surface area contributed by atoms with Gasteiger partial charge in [-0.3, -0.25) is 0 Å². The summed E-state index contributed by atoms with van der Waals surface area (Å²) in [5, 5.41) is 10.8. The molecule has 0 radical (unpaired) electrons. The molecule has 1 atom stereocenters. The van der Waals surface area contributed by atoms with Crippen molar-refractivity contribution < 1.29 is 18.7 Å². The molecule has 0 spiro atoms. The third-order valence-electron chi connectivity index (χ3n) is 9.83. The van der Waals surface area contributed by atoms with Crippen LogP contribution in [0.4, 0.5) is 0 Å². The van der Waals surface area contributed by atoms with Crippen LogP contribution in [0.15, 0.2) is 60.7 Å². The van der Waals surface area contributed by atoms with Gasteiger partial charge in [-0.1, -0.05) is 97.9 Å². The molecule has 3 aromatic rings. The summed E-state index contributed by atoms with van der Waals surface area (Å²) < 4.78 is 19.7. The van der Waals surface area contributed by atoms with Crippen molar-refractivity contribution >= 4 is 16.6 Å². The fraction of sp³-hybridized carbons (Fsp3) is 0.526. The smallest absolute Gasteiger partial charge is 0.192 e. The highest BCUT2D eigenvalue weighted by atomic mass is 28.4. The van der Waals surface area contributed by atoms with Gasteiger partial charge in [0.1, 0.15) is 12.4 Å². The highest BCUT2D eigenvalue weighted by Crippen LogP contribution is 2.39. The molecule has 1 unspecified atom stereocenters. The Morgan fingerprint density at radius 2 is 1.30 bits per heavy atom. The Balaban J connectivity index is 1.82. The first-order valence-electron chi connectivity index (χ1n) is 16.1. The number of hydrogen-bond donors (Lipinski definition) is 1. The monoisotopic (exact) mass is 634 g/mol. The molecule has 0 amide bonds. The Bertz CT molecular complexity index is 1400. The molecule has 0 saturated carbocycles. The average molecular weight is 635 g/mol. The second kappa shape index (κ2) is 14.0. The van der Waals surface area contributed by atoms with E-state index in [9.17, 15) is 5.11 Å². The summed E-state index contributed by atoms with van der Waals surface area (Å²) >= 11 is 0. The third-order valence-corrected chi connectivity index (χ3v) is 18.8. The van der Waals surface area contributed by atoms with Crippen LogP contribution < -0.4 is 4.74 Å². The van der Waals surface area contributed by atoms with Gasteiger partial charge in [-0.05, 0) is 106 Å². The van der Waals surface area contributed by atoms with Gasteiger partial charge in [0.25, 0.3) is 0 Å². The number of aryl methyl sites for hydroxylation is 1. The van der Waals surface area contributed by atoms with Crippen molar-refractivity contribution in [2.75, 3.05) is 0 Å². The van der Waals surface area contributed by atoms with Gasteiger partial charge in [-0.25, -0.2) is 0 Å². The molecule has 6 heteroatoms. The summed E-state index contributed by atoms with van der Waals surface area (Å²) in [6, 6.07) is 21.1. The van der Waals surface area contributed by atoms with Crippen LogP contribution in [0.2, 0.25) is 36.3 Å². The molecule has 0 saturated heterocycles. The predicted octanol–water partition coefficient (Wildman–Crippen LogP) is 11.0. The summed E-state index contributed by atoms with van der Waals surface area (Å²) in [5.41, 5.74) is 7.84. The molecule has 0 aliphatic carbocycles. The summed E-state index contributed by atoms with van der Waals surface area (Å²) in [6.45, 7) is 30.7. The van der Waals surface area contributed by atoms with Crippen LogP contribution in [0, 0.1) is 12.8 Å². The number of rotatable bonds is 12. The minimum Gasteiger partial charge on any atom is -0.489 e. The zero-order valence-electron chi connectivity index (χ0n) is 29.7. The molecule has 0 aromatic heterocycles. The van der Waals surface area contributed by atoms with Gasteiger partial charge in [0.15, 0.2) is 16.6 Å². The highest BCUT2D eigenvalue weighted by Gasteiger charge is 2.38. The van der Waals surface area contributed by atoms with Crippen molar-refractivity contribution in [2.45, 2.75) is 125 Å². The summed E-state index contributed by atoms with van der Waals surface area (Å²) in [7, 11) is -3.82. The molecule has 0 aliphatic heterocycles. The highest BCUT2D eigenvalue weighted by molar-refractivity contribution is 6.74. The van der Waals surface area contributed by atoms with Crippen molar-refractivity contribution in [1.82, 2.24) is 0 Å². The van der Waals surface area contributed by atoms with Crippen LogP contribution in [0.3, 0.4) is 0 Å². The maximum Gasteiger partial charge on any atom is 0.192 e. The second-order valence-corrected chi connectivity index (χ2v) is 25.4. The van der Waals surface area contributed by atoms with Crippen molar-refractivity contribution in [3.8, 4) is 16.9 Å². The van der Waals surface area contributed by atoms with E-state index in [1.54, 1.807) is 0 Å². The quantitative estimate of drug-likeness (QED) is 0.201. The van der Waals surface area contributed by atoms with E-state index in [0.717, 1.165) is 33.6 Å². The summed E-state index contributed by atoms with van der Waals surface area (Å²) in [6.07, 6.45) is -0.459. The van der Waals surface area contributed by atoms with E-state index in [-0.39, 0.29) is 16.0 Å². The SMILES string of the molecule is Cc1cc(C(O)C(C)C)ccc1-c1cccc(OCc2ccc(CO[Si](C)(C)C(C)(C)C)c(CO[Si](C)(C)C(C)(C)C)c2)c1. The number of benzene rings is 3. The second-order valence-electron chi connectivity index (χ2n) is 15.8. The van der Waals surface area contributed by atoms with Gasteiger partial charge < -0.3 is 18.7 Å². The molecule has 0 aliphatic rings. The lowest BCUT2D eigenvalue weighted by molar-refractivity contribution is 0.127. The fourth-order valence-corrected chi connectivity index (χ4v) is 6.39. The Morgan fingerprint density at radius 1 is 0.705 bits per heavy atom. The Kier molecular flexibility index (Phi) is 11.6. The van der Waals surface area contributed by atoms with Crippen LogP contribution in [-0.4, -0.2) is 21.7 Å². The number of hydrogen-bond acceptors (Lipinski definition) is 4. The zero-order chi connectivity index (χ0) is 33.1. The van der Waals surface area contributed by atoms with E-state index in [1.807, 2.05) is 32.0 Å². The molecule has 44 heavy (non-hydrogen) atoms. The van der Waals surface area contributed by atoms with E-state index in [0.29, 0.717) is 19.8 Å². The van der Waals surface area contributed by atoms with E-state index >= 15 is 0 Å². The fourth-order valence-electron chi connectivity index (χ4n) is 4.49. The van der Waals surface area contributed by atoms with Crippen LogP contribution in [0.1, 0.15) is 89.3 Å². The normalized spacial score (nSPS) is 13.8. The predicted molar refractivity (Wildman–Crippen MR) is 191 cm³/mol. The average Bonchev–Trinajstić information content (AvgIpc) is 2.92. The largest absolute Gasteiger partial charge is 0.489 e. The lowest BCUT2D eigenvalue weighted by atomic mass is 9.93. The van der Waals surface area contributed by atoms with Gasteiger partial charge in [0.05, 0.1) is 19.3 Å². The lowest BCUT2D eigenvalue weighted by Gasteiger charge is -2.37. The number of aliphatic hydroxyl groups is 1. The van der Waals surface area contributed by atoms with Gasteiger partial charge >= 0.3 is 0 Å². The first kappa shape index (κ1) is 36.2. The molecular formula is C38H58O4Si2. The topological polar surface area (TPSA) is 47.9 Å². The van der Waals surface area contributed by atoms with E-state index in [2.05, 4.69) is 117 Å². The van der Waals surface area contributed by atoms with Crippen LogP contribution >= 0.6 is 0 Å². The molecule has 3 aromatic carbocycles. The maximum atomic E-state index is 10.5. The van der Waals surface area contributed by atoms with Crippen molar-refractivity contribution in [3.63, 3.8) is 0 Å². The Labute approximate surface area is 270 Å². The van der Waals surface area contributed by atoms with Crippen molar-refractivity contribution in [1.29, 1.82) is 0 Å². The van der Waals surface area contributed by atoms with Gasteiger partial charge in [0.2, 0.25) is 0 Å². The molecule has 3 rings (SSSR count). The zero-order valence-corrected chi connectivity index (χ0v) is 31.7. The molecule has 4 nitrogen and oxygen atoms in total. The van der Waals surface area contributed by atoms with Gasteiger partial charge in [-0.15, -0.1) is 0 Å². The first-order chi connectivity index (χ1) is 20.2. The molecule has 242 valence electrons. The lowest BCUT2D eigenvalue weighted by Crippen LogP contribution is -2.41. The van der Waals surface area contributed by atoms with E-state index in [1.165, 1.54) is 11.1 Å². The van der Waals surface area contributed by atoms with Crippen molar-refractivity contribution in [3.05, 3.63) is 88.5 Å². The molecule has 0 heterocycles. The third kappa shape index (κ3) is 9.16. The van der Waals surface area contributed by atoms with E-state index in [4.69, 9.17) is 13.6 Å². The molecule has 1 N–H and O–H groups in total. The van der Waals surface area contributed by atoms with E-state index < -0.39 is 22.7 Å². The van der Waals surface area contributed by atoms with Crippen molar-refractivity contribution in [2.24, 2.45) is 5.92 Å². The molecule has 0 bridgehead atoms. The Hall–Kier alpha value is -2.23. The van der Waals surface area contributed by atoms with Gasteiger partial charge in [-0.2, -0.15) is 0 Å². The van der Waals surface area contributed by atoms with Crippen LogP contribution in [0.5, 0.6) is 5.75 Å². The minimum atomic E-state index is -1.92. The summed E-state index contributed by atoms with van der Waals surface area (Å²) in [5.74, 6) is 1.01. The van der Waals surface area contributed by atoms with Crippen LogP contribution in [-0.2, 0) is 28.7 Å². The molecule has 0 fully saturated rings. The summed E-state index contributed by atoms with van der Waals surface area (Å²) in [4.78, 5) is 0. The molecular weight excluding hydrogens is 577 g/mol. The Morgan fingerprint density at radius 3 is 1.84 bits per heavy atom. The standard InChI is InChI=1S/C38H58O4Si2/c1-27(2)36(39)31-19-20-35(28(3)21-31)30-15-14-16-34(23-30)40-24-29-17-18-32(25-41-43(10,11)37(4,5)6)33(22-29)26-42-44(12,13)38(7,8)9/h14-23,27,36,39H,24-26H2,1-13H3.